The van der Waals surface area contributed by atoms with Crippen molar-refractivity contribution in [3.05, 3.63) is 24.2 Å². The molecular formula is C23H34N4O3. The second-order valence-electron chi connectivity index (χ2n) is 9.35. The van der Waals surface area contributed by atoms with Crippen molar-refractivity contribution in [1.29, 1.82) is 0 Å². The topological polar surface area (TPSA) is 104 Å². The zero-order valence-corrected chi connectivity index (χ0v) is 18.4. The molecule has 1 aliphatic rings. The Morgan fingerprint density at radius 1 is 1.27 bits per heavy atom. The summed E-state index contributed by atoms with van der Waals surface area (Å²) in [5.41, 5.74) is 5.87. The number of nitrogens with two attached hydrogens (primary N) is 1. The molecule has 2 N–H and O–H groups in total. The fourth-order valence-corrected chi connectivity index (χ4v) is 4.08. The summed E-state index contributed by atoms with van der Waals surface area (Å²) in [5.74, 6) is 1.80. The minimum Gasteiger partial charge on any atom is -0.460 e. The molecule has 30 heavy (non-hydrogen) atoms. The van der Waals surface area contributed by atoms with Gasteiger partial charge in [0.15, 0.2) is 0 Å². The Hall–Kier alpha value is -2.44. The fraction of sp³-hybridized carbons (Fsp3) is 0.652. The average Bonchev–Trinajstić information content (AvgIpc) is 3.17. The smallest absolute Gasteiger partial charge is 0.307 e. The van der Waals surface area contributed by atoms with Gasteiger partial charge in [-0.05, 0) is 45.2 Å². The molecule has 2 heterocycles. The highest BCUT2D eigenvalue weighted by atomic mass is 16.6. The van der Waals surface area contributed by atoms with Crippen molar-refractivity contribution in [2.45, 2.75) is 90.1 Å². The Morgan fingerprint density at radius 3 is 2.70 bits per heavy atom. The summed E-state index contributed by atoms with van der Waals surface area (Å²) in [6.07, 6.45) is 11.6. The zero-order valence-electron chi connectivity index (χ0n) is 18.4. The average molecular weight is 415 g/mol. The molecule has 3 rings (SSSR count). The van der Waals surface area contributed by atoms with Gasteiger partial charge in [-0.15, -0.1) is 0 Å². The molecular weight excluding hydrogens is 380 g/mol. The van der Waals surface area contributed by atoms with Crippen LogP contribution in [0.2, 0.25) is 0 Å². The van der Waals surface area contributed by atoms with Crippen molar-refractivity contribution in [3.8, 4) is 11.4 Å². The molecule has 7 nitrogen and oxygen atoms in total. The van der Waals surface area contributed by atoms with Crippen LogP contribution in [0.3, 0.4) is 0 Å². The van der Waals surface area contributed by atoms with E-state index in [2.05, 4.69) is 15.1 Å². The van der Waals surface area contributed by atoms with E-state index in [-0.39, 0.29) is 18.3 Å². The Kier molecular flexibility index (Phi) is 7.45. The van der Waals surface area contributed by atoms with Crippen LogP contribution in [0.1, 0.15) is 90.4 Å². The first-order valence-corrected chi connectivity index (χ1v) is 11.1. The third-order valence-corrected chi connectivity index (χ3v) is 5.56. The van der Waals surface area contributed by atoms with Crippen molar-refractivity contribution in [2.75, 3.05) is 5.73 Å². The van der Waals surface area contributed by atoms with Crippen molar-refractivity contribution in [3.63, 3.8) is 0 Å². The monoisotopic (exact) mass is 414 g/mol. The van der Waals surface area contributed by atoms with Gasteiger partial charge in [0.2, 0.25) is 11.7 Å². The normalized spacial score (nSPS) is 16.4. The van der Waals surface area contributed by atoms with Gasteiger partial charge in [-0.1, -0.05) is 50.1 Å². The molecule has 1 aliphatic carbocycles. The van der Waals surface area contributed by atoms with Gasteiger partial charge in [0.25, 0.3) is 0 Å². The van der Waals surface area contributed by atoms with Crippen molar-refractivity contribution >= 4 is 11.8 Å². The second kappa shape index (κ2) is 10.0. The number of carbonyl (C=O) groups excluding carboxylic acids is 1. The molecule has 1 unspecified atom stereocenters. The molecule has 1 fully saturated rings. The lowest BCUT2D eigenvalue weighted by Crippen LogP contribution is -2.25. The lowest BCUT2D eigenvalue weighted by molar-refractivity contribution is -0.155. The van der Waals surface area contributed by atoms with Crippen molar-refractivity contribution in [2.24, 2.45) is 5.92 Å². The molecule has 0 spiro atoms. The number of aromatic nitrogens is 3. The molecule has 0 aromatic carbocycles. The van der Waals surface area contributed by atoms with E-state index in [1.807, 2.05) is 26.8 Å². The number of hydrogen-bond donors (Lipinski definition) is 1. The van der Waals surface area contributed by atoms with E-state index in [1.54, 1.807) is 12.3 Å². The molecule has 0 radical (unpaired) electrons. The summed E-state index contributed by atoms with van der Waals surface area (Å²) in [6.45, 7) is 5.63. The highest BCUT2D eigenvalue weighted by Gasteiger charge is 2.26. The number of anilines is 1. The number of nitrogens with zero attached hydrogens (tertiary/aromatic N) is 3. The third-order valence-electron chi connectivity index (χ3n) is 5.56. The lowest BCUT2D eigenvalue weighted by Gasteiger charge is -2.23. The number of ether oxygens (including phenoxy) is 1. The first-order valence-electron chi connectivity index (χ1n) is 11.1. The minimum absolute atomic E-state index is 0.147. The summed E-state index contributed by atoms with van der Waals surface area (Å²) in [4.78, 5) is 21.1. The Balaban J connectivity index is 1.67. The number of pyridine rings is 1. The van der Waals surface area contributed by atoms with Crippen LogP contribution in [0.15, 0.2) is 22.9 Å². The van der Waals surface area contributed by atoms with E-state index >= 15 is 0 Å². The van der Waals surface area contributed by atoms with Crippen LogP contribution in [0.5, 0.6) is 0 Å². The molecule has 0 aliphatic heterocycles. The maximum Gasteiger partial charge on any atom is 0.307 e. The first-order chi connectivity index (χ1) is 14.3. The molecule has 2 aromatic rings. The van der Waals surface area contributed by atoms with Crippen LogP contribution >= 0.6 is 0 Å². The Bertz CT molecular complexity index is 805. The minimum atomic E-state index is -0.515. The summed E-state index contributed by atoms with van der Waals surface area (Å²) in [7, 11) is 0. The first kappa shape index (κ1) is 22.2. The number of carbonyl (C=O) groups is 1. The molecule has 1 saturated carbocycles. The van der Waals surface area contributed by atoms with Crippen LogP contribution < -0.4 is 5.73 Å². The predicted molar refractivity (Wildman–Crippen MR) is 116 cm³/mol. The van der Waals surface area contributed by atoms with Gasteiger partial charge < -0.3 is 15.0 Å². The van der Waals surface area contributed by atoms with Gasteiger partial charge in [0, 0.05) is 17.7 Å². The predicted octanol–water partition coefficient (Wildman–Crippen LogP) is 5.28. The maximum absolute atomic E-state index is 12.5. The van der Waals surface area contributed by atoms with Gasteiger partial charge in [-0.25, -0.2) is 4.98 Å². The molecule has 2 aromatic heterocycles. The van der Waals surface area contributed by atoms with Crippen LogP contribution in [-0.2, 0) is 9.53 Å². The van der Waals surface area contributed by atoms with E-state index in [0.717, 1.165) is 24.3 Å². The highest BCUT2D eigenvalue weighted by Crippen LogP contribution is 2.32. The van der Waals surface area contributed by atoms with Gasteiger partial charge in [0.05, 0.1) is 6.42 Å². The summed E-state index contributed by atoms with van der Waals surface area (Å²) < 4.78 is 11.1. The number of hydrogen-bond acceptors (Lipinski definition) is 7. The van der Waals surface area contributed by atoms with E-state index in [4.69, 9.17) is 15.0 Å². The SMILES string of the molecule is CC(C)(C)OC(=O)CC(CCCC1CCCCC1)c1nc(-c2ccc(N)nc2)no1. The largest absolute Gasteiger partial charge is 0.460 e. The summed E-state index contributed by atoms with van der Waals surface area (Å²) >= 11 is 0. The molecule has 7 heteroatoms. The maximum atomic E-state index is 12.5. The lowest BCUT2D eigenvalue weighted by atomic mass is 9.84. The summed E-state index contributed by atoms with van der Waals surface area (Å²) in [5, 5.41) is 4.10. The van der Waals surface area contributed by atoms with E-state index in [9.17, 15) is 4.79 Å². The number of esters is 1. The van der Waals surface area contributed by atoms with Crippen molar-refractivity contribution < 1.29 is 14.1 Å². The molecule has 1 atom stereocenters. The number of nitrogen functional groups attached to an aromatic ring is 1. The van der Waals surface area contributed by atoms with E-state index in [0.29, 0.717) is 17.5 Å². The number of rotatable bonds is 8. The molecule has 0 bridgehead atoms. The fourth-order valence-electron chi connectivity index (χ4n) is 4.08. The van der Waals surface area contributed by atoms with Crippen molar-refractivity contribution in [1.82, 2.24) is 15.1 Å². The second-order valence-corrected chi connectivity index (χ2v) is 9.35. The van der Waals surface area contributed by atoms with Gasteiger partial charge in [-0.3, -0.25) is 4.79 Å². The standard InChI is InChI=1S/C23H34N4O3/c1-23(2,3)29-20(28)14-17(11-7-10-16-8-5-4-6-9-16)22-26-21(27-30-22)18-12-13-19(24)25-15-18/h12-13,15-17H,4-11,14H2,1-3H3,(H2,24,25). The van der Waals surface area contributed by atoms with Crippen LogP contribution in [0, 0.1) is 5.92 Å². The summed E-state index contributed by atoms with van der Waals surface area (Å²) in [6, 6.07) is 3.51. The highest BCUT2D eigenvalue weighted by molar-refractivity contribution is 5.70. The zero-order chi connectivity index (χ0) is 21.6. The van der Waals surface area contributed by atoms with E-state index < -0.39 is 5.60 Å². The van der Waals surface area contributed by atoms with Gasteiger partial charge in [-0.2, -0.15) is 4.98 Å². The Morgan fingerprint density at radius 2 is 2.03 bits per heavy atom. The van der Waals surface area contributed by atoms with Gasteiger partial charge >= 0.3 is 5.97 Å². The van der Waals surface area contributed by atoms with E-state index in [1.165, 1.54) is 38.5 Å². The van der Waals surface area contributed by atoms with Gasteiger partial charge in [0.1, 0.15) is 11.4 Å². The van der Waals surface area contributed by atoms with Crippen LogP contribution in [0.4, 0.5) is 5.82 Å². The third kappa shape index (κ3) is 6.82. The molecule has 0 amide bonds. The Labute approximate surface area is 178 Å². The van der Waals surface area contributed by atoms with Crippen LogP contribution in [-0.4, -0.2) is 26.7 Å². The van der Waals surface area contributed by atoms with Crippen LogP contribution in [0.25, 0.3) is 11.4 Å². The molecule has 164 valence electrons. The quantitative estimate of drug-likeness (QED) is 0.586. The molecule has 0 saturated heterocycles.